The molecule has 0 radical (unpaired) electrons. The molecule has 1 rings (SSSR count). The Morgan fingerprint density at radius 3 is 1.21 bits per heavy atom. The van der Waals surface area contributed by atoms with Gasteiger partial charge in [0.05, 0.1) is 23.4 Å². The van der Waals surface area contributed by atoms with E-state index in [-0.39, 0.29) is 12.2 Å². The Hall–Kier alpha value is -0.280. The van der Waals surface area contributed by atoms with Crippen LogP contribution in [0.4, 0.5) is 0 Å². The van der Waals surface area contributed by atoms with Crippen molar-refractivity contribution in [2.75, 3.05) is 21.3 Å². The van der Waals surface area contributed by atoms with E-state index < -0.39 is 29.5 Å². The van der Waals surface area contributed by atoms with Crippen LogP contribution in [0.2, 0.25) is 0 Å². The molecular formula is C17H34O7. The molecule has 0 aromatic rings. The fraction of sp³-hybridized carbons (Fsp3) is 1.00. The molecule has 144 valence electrons. The van der Waals surface area contributed by atoms with Crippen molar-refractivity contribution in [3.05, 3.63) is 0 Å². The molecule has 0 aromatic heterocycles. The second-order valence-corrected chi connectivity index (χ2v) is 8.00. The smallest absolute Gasteiger partial charge is 0.148 e. The largest absolute Gasteiger partial charge is 0.378 e. The van der Waals surface area contributed by atoms with Crippen molar-refractivity contribution in [1.82, 2.24) is 0 Å². The molecule has 1 aliphatic rings. The Morgan fingerprint density at radius 2 is 0.958 bits per heavy atom. The maximum atomic E-state index is 5.67. The van der Waals surface area contributed by atoms with Crippen LogP contribution in [0.25, 0.3) is 0 Å². The number of rotatable bonds is 7. The van der Waals surface area contributed by atoms with Crippen molar-refractivity contribution in [3.63, 3.8) is 0 Å². The average molecular weight is 350 g/mol. The summed E-state index contributed by atoms with van der Waals surface area (Å²) in [5, 5.41) is 0. The third-order valence-corrected chi connectivity index (χ3v) is 3.54. The molecule has 0 aromatic carbocycles. The number of ether oxygens (including phenoxy) is 3. The van der Waals surface area contributed by atoms with Gasteiger partial charge in [-0.15, -0.1) is 0 Å². The van der Waals surface area contributed by atoms with Crippen molar-refractivity contribution in [1.29, 1.82) is 0 Å². The van der Waals surface area contributed by atoms with Crippen LogP contribution < -0.4 is 0 Å². The van der Waals surface area contributed by atoms with E-state index in [1.807, 2.05) is 41.5 Å². The van der Waals surface area contributed by atoms with E-state index in [0.717, 1.165) is 0 Å². The van der Waals surface area contributed by atoms with E-state index in [2.05, 4.69) is 0 Å². The van der Waals surface area contributed by atoms with E-state index in [1.165, 1.54) is 0 Å². The predicted octanol–water partition coefficient (Wildman–Crippen LogP) is 2.67. The zero-order chi connectivity index (χ0) is 18.5. The fourth-order valence-corrected chi connectivity index (χ4v) is 2.47. The standard InChI is InChI=1S/C17H34O7/c1-16(2,3)23-21-13-11(18-7)10-12(19-8)14(15(13)20-9)22-24-17(4,5)6/h11-15H,10H2,1-9H3. The van der Waals surface area contributed by atoms with Crippen LogP contribution in [-0.2, 0) is 33.8 Å². The van der Waals surface area contributed by atoms with E-state index >= 15 is 0 Å². The van der Waals surface area contributed by atoms with Gasteiger partial charge in [-0.3, -0.25) is 0 Å². The fourth-order valence-electron chi connectivity index (χ4n) is 2.47. The van der Waals surface area contributed by atoms with E-state index in [1.54, 1.807) is 21.3 Å². The van der Waals surface area contributed by atoms with Gasteiger partial charge in [0, 0.05) is 27.8 Å². The lowest BCUT2D eigenvalue weighted by Crippen LogP contribution is -2.60. The van der Waals surface area contributed by atoms with Gasteiger partial charge in [-0.1, -0.05) is 0 Å². The Balaban J connectivity index is 2.93. The minimum atomic E-state index is -0.474. The van der Waals surface area contributed by atoms with Crippen LogP contribution in [-0.4, -0.2) is 63.1 Å². The maximum absolute atomic E-state index is 5.67. The minimum absolute atomic E-state index is 0.253. The molecule has 0 saturated heterocycles. The summed E-state index contributed by atoms with van der Waals surface area (Å²) in [5.41, 5.74) is -0.903. The third kappa shape index (κ3) is 6.55. The molecule has 0 amide bonds. The first-order chi connectivity index (χ1) is 11.0. The average Bonchev–Trinajstić information content (AvgIpc) is 2.47. The molecule has 0 heterocycles. The highest BCUT2D eigenvalue weighted by molar-refractivity contribution is 4.96. The van der Waals surface area contributed by atoms with Gasteiger partial charge in [0.2, 0.25) is 0 Å². The van der Waals surface area contributed by atoms with Crippen LogP contribution in [0, 0.1) is 0 Å². The summed E-state index contributed by atoms with van der Waals surface area (Å²) in [7, 11) is 4.85. The lowest BCUT2D eigenvalue weighted by atomic mass is 9.87. The van der Waals surface area contributed by atoms with E-state index in [4.69, 9.17) is 33.8 Å². The normalized spacial score (nSPS) is 32.1. The molecular weight excluding hydrogens is 316 g/mol. The summed E-state index contributed by atoms with van der Waals surface area (Å²) in [6.07, 6.45) is -1.35. The van der Waals surface area contributed by atoms with Gasteiger partial charge in [0.25, 0.3) is 0 Å². The van der Waals surface area contributed by atoms with Gasteiger partial charge in [0.15, 0.2) is 0 Å². The molecule has 7 nitrogen and oxygen atoms in total. The second-order valence-electron chi connectivity index (χ2n) is 8.00. The van der Waals surface area contributed by atoms with Crippen LogP contribution in [0.3, 0.4) is 0 Å². The molecule has 1 fully saturated rings. The lowest BCUT2D eigenvalue weighted by molar-refractivity contribution is -0.439. The van der Waals surface area contributed by atoms with Crippen molar-refractivity contribution in [3.8, 4) is 0 Å². The molecule has 0 aliphatic heterocycles. The van der Waals surface area contributed by atoms with Gasteiger partial charge < -0.3 is 14.2 Å². The number of hydrogen-bond acceptors (Lipinski definition) is 7. The SMILES string of the molecule is COC1CC(OC)C(OOC(C)(C)C)C(OC)C1OOC(C)(C)C. The van der Waals surface area contributed by atoms with Crippen LogP contribution in [0.15, 0.2) is 0 Å². The van der Waals surface area contributed by atoms with Crippen LogP contribution in [0.1, 0.15) is 48.0 Å². The highest BCUT2D eigenvalue weighted by Gasteiger charge is 2.49. The first-order valence-electron chi connectivity index (χ1n) is 8.29. The maximum Gasteiger partial charge on any atom is 0.148 e. The molecule has 4 unspecified atom stereocenters. The molecule has 24 heavy (non-hydrogen) atoms. The van der Waals surface area contributed by atoms with Crippen molar-refractivity contribution in [2.24, 2.45) is 0 Å². The van der Waals surface area contributed by atoms with Crippen LogP contribution >= 0.6 is 0 Å². The Morgan fingerprint density at radius 1 is 0.583 bits per heavy atom. The molecule has 0 spiro atoms. The molecule has 7 heteroatoms. The first kappa shape index (κ1) is 21.8. The summed E-state index contributed by atoms with van der Waals surface area (Å²) >= 11 is 0. The minimum Gasteiger partial charge on any atom is -0.378 e. The van der Waals surface area contributed by atoms with Gasteiger partial charge in [-0.25, -0.2) is 19.6 Å². The molecule has 4 atom stereocenters. The zero-order valence-electron chi connectivity index (χ0n) is 16.5. The number of methoxy groups -OCH3 is 3. The quantitative estimate of drug-likeness (QED) is 0.516. The van der Waals surface area contributed by atoms with E-state index in [9.17, 15) is 0 Å². The van der Waals surface area contributed by atoms with Gasteiger partial charge in [0.1, 0.15) is 18.3 Å². The number of hydrogen-bond donors (Lipinski definition) is 0. The highest BCUT2D eigenvalue weighted by Crippen LogP contribution is 2.32. The third-order valence-electron chi connectivity index (χ3n) is 3.54. The van der Waals surface area contributed by atoms with Crippen molar-refractivity contribution >= 4 is 0 Å². The Kier molecular flexibility index (Phi) is 8.06. The molecule has 0 N–H and O–H groups in total. The highest BCUT2D eigenvalue weighted by atomic mass is 17.2. The summed E-state index contributed by atoms with van der Waals surface area (Å²) in [6, 6.07) is 0. The van der Waals surface area contributed by atoms with Crippen LogP contribution in [0.5, 0.6) is 0 Å². The molecule has 1 aliphatic carbocycles. The van der Waals surface area contributed by atoms with Gasteiger partial charge in [-0.2, -0.15) is 0 Å². The Bertz CT molecular complexity index is 329. The topological polar surface area (TPSA) is 64.6 Å². The molecule has 0 bridgehead atoms. The second kappa shape index (κ2) is 8.89. The van der Waals surface area contributed by atoms with Crippen molar-refractivity contribution < 1.29 is 33.8 Å². The lowest BCUT2D eigenvalue weighted by Gasteiger charge is -2.44. The summed E-state index contributed by atoms with van der Waals surface area (Å²) in [4.78, 5) is 22.3. The van der Waals surface area contributed by atoms with Crippen molar-refractivity contribution in [2.45, 2.75) is 89.7 Å². The summed E-state index contributed by atoms with van der Waals surface area (Å²) in [6.45, 7) is 11.5. The summed E-state index contributed by atoms with van der Waals surface area (Å²) in [5.74, 6) is 0. The first-order valence-corrected chi connectivity index (χ1v) is 8.29. The predicted molar refractivity (Wildman–Crippen MR) is 88.4 cm³/mol. The van der Waals surface area contributed by atoms with E-state index in [0.29, 0.717) is 6.42 Å². The zero-order valence-corrected chi connectivity index (χ0v) is 16.5. The van der Waals surface area contributed by atoms with Gasteiger partial charge >= 0.3 is 0 Å². The Labute approximate surface area is 145 Å². The van der Waals surface area contributed by atoms with Gasteiger partial charge in [-0.05, 0) is 41.5 Å². The molecule has 1 saturated carbocycles. The summed E-state index contributed by atoms with van der Waals surface area (Å²) < 4.78 is 16.8. The monoisotopic (exact) mass is 350 g/mol.